The second-order valence-corrected chi connectivity index (χ2v) is 4.16. The molecule has 10 heteroatoms. The minimum Gasteiger partial charge on any atom is -0.480 e. The average molecular weight is 334 g/mol. The highest BCUT2D eigenvalue weighted by atomic mass is 16.6. The molecule has 0 radical (unpaired) electrons. The van der Waals surface area contributed by atoms with Gasteiger partial charge in [0.05, 0.1) is 19.8 Å². The van der Waals surface area contributed by atoms with Crippen LogP contribution in [0.5, 0.6) is 0 Å². The van der Waals surface area contributed by atoms with Gasteiger partial charge in [-0.2, -0.15) is 0 Å². The quantitative estimate of drug-likeness (QED) is 0.293. The van der Waals surface area contributed by atoms with Crippen molar-refractivity contribution in [2.24, 2.45) is 0 Å². The van der Waals surface area contributed by atoms with Gasteiger partial charge in [0.25, 0.3) is 0 Å². The van der Waals surface area contributed by atoms with E-state index >= 15 is 0 Å². The lowest BCUT2D eigenvalue weighted by Gasteiger charge is -2.13. The standard InChI is InChI=1S/C13H22N2O8/c1-3-21-12(19)14-7-8-23-10(16)6-5-9(11(17)18)15-13(20)22-4-2/h9H,3-8H2,1-2H3,(H,14,19)(H,15,20)(H,17,18). The molecule has 0 saturated heterocycles. The van der Waals surface area contributed by atoms with Crippen LogP contribution in [0.4, 0.5) is 9.59 Å². The van der Waals surface area contributed by atoms with Gasteiger partial charge in [-0.15, -0.1) is 0 Å². The van der Waals surface area contributed by atoms with Gasteiger partial charge in [0.1, 0.15) is 12.6 Å². The van der Waals surface area contributed by atoms with Crippen molar-refractivity contribution >= 4 is 24.1 Å². The van der Waals surface area contributed by atoms with Crippen molar-refractivity contribution in [1.82, 2.24) is 10.6 Å². The van der Waals surface area contributed by atoms with Gasteiger partial charge in [-0.3, -0.25) is 4.79 Å². The Kier molecular flexibility index (Phi) is 10.7. The molecule has 132 valence electrons. The van der Waals surface area contributed by atoms with Gasteiger partial charge in [0.2, 0.25) is 0 Å². The van der Waals surface area contributed by atoms with Gasteiger partial charge < -0.3 is 30.0 Å². The minimum absolute atomic E-state index is 0.0688. The maximum absolute atomic E-state index is 11.4. The van der Waals surface area contributed by atoms with Crippen molar-refractivity contribution in [3.05, 3.63) is 0 Å². The number of rotatable bonds is 10. The molecular weight excluding hydrogens is 312 g/mol. The van der Waals surface area contributed by atoms with E-state index in [1.165, 1.54) is 0 Å². The summed E-state index contributed by atoms with van der Waals surface area (Å²) in [5.74, 6) is -1.93. The molecular formula is C13H22N2O8. The molecule has 0 saturated carbocycles. The monoisotopic (exact) mass is 334 g/mol. The molecule has 0 spiro atoms. The molecule has 0 heterocycles. The maximum Gasteiger partial charge on any atom is 0.407 e. The molecule has 23 heavy (non-hydrogen) atoms. The van der Waals surface area contributed by atoms with Crippen molar-refractivity contribution < 1.29 is 38.5 Å². The highest BCUT2D eigenvalue weighted by molar-refractivity contribution is 5.80. The second-order valence-electron chi connectivity index (χ2n) is 4.16. The van der Waals surface area contributed by atoms with E-state index in [1.807, 2.05) is 0 Å². The Morgan fingerprint density at radius 2 is 1.61 bits per heavy atom. The lowest BCUT2D eigenvalue weighted by Crippen LogP contribution is -2.41. The third kappa shape index (κ3) is 10.8. The number of carbonyl (C=O) groups excluding carboxylic acids is 3. The molecule has 1 atom stereocenters. The van der Waals surface area contributed by atoms with Crippen molar-refractivity contribution in [3.8, 4) is 0 Å². The van der Waals surface area contributed by atoms with E-state index in [2.05, 4.69) is 20.1 Å². The van der Waals surface area contributed by atoms with E-state index in [0.717, 1.165) is 0 Å². The van der Waals surface area contributed by atoms with Gasteiger partial charge in [0.15, 0.2) is 0 Å². The summed E-state index contributed by atoms with van der Waals surface area (Å²) < 4.78 is 14.0. The molecule has 0 bridgehead atoms. The number of aliphatic carboxylic acids is 1. The first kappa shape index (κ1) is 20.5. The van der Waals surface area contributed by atoms with Gasteiger partial charge >= 0.3 is 24.1 Å². The summed E-state index contributed by atoms with van der Waals surface area (Å²) in [5.41, 5.74) is 0. The molecule has 0 rings (SSSR count). The Labute approximate surface area is 133 Å². The van der Waals surface area contributed by atoms with Crippen LogP contribution >= 0.6 is 0 Å². The second kappa shape index (κ2) is 12.1. The number of hydrogen-bond acceptors (Lipinski definition) is 7. The summed E-state index contributed by atoms with van der Waals surface area (Å²) in [5, 5.41) is 13.4. The summed E-state index contributed by atoms with van der Waals surface area (Å²) in [6.07, 6.45) is -1.83. The SMILES string of the molecule is CCOC(=O)NCCOC(=O)CCC(NC(=O)OCC)C(=O)O. The van der Waals surface area contributed by atoms with Crippen LogP contribution in [-0.4, -0.2) is 61.6 Å². The van der Waals surface area contributed by atoms with Crippen LogP contribution < -0.4 is 10.6 Å². The lowest BCUT2D eigenvalue weighted by atomic mass is 10.1. The van der Waals surface area contributed by atoms with Gasteiger partial charge in [-0.1, -0.05) is 0 Å². The van der Waals surface area contributed by atoms with E-state index in [-0.39, 0.29) is 39.2 Å². The number of ether oxygens (including phenoxy) is 3. The Balaban J connectivity index is 3.97. The van der Waals surface area contributed by atoms with E-state index in [4.69, 9.17) is 9.84 Å². The van der Waals surface area contributed by atoms with Gasteiger partial charge in [0, 0.05) is 6.42 Å². The van der Waals surface area contributed by atoms with E-state index in [9.17, 15) is 19.2 Å². The smallest absolute Gasteiger partial charge is 0.407 e. The molecule has 0 aliphatic carbocycles. The molecule has 0 aliphatic heterocycles. The van der Waals surface area contributed by atoms with Gasteiger partial charge in [-0.05, 0) is 20.3 Å². The van der Waals surface area contributed by atoms with Crippen LogP contribution in [0.15, 0.2) is 0 Å². The Hall–Kier alpha value is -2.52. The zero-order chi connectivity index (χ0) is 17.7. The van der Waals surface area contributed by atoms with Gasteiger partial charge in [-0.25, -0.2) is 14.4 Å². The topological polar surface area (TPSA) is 140 Å². The third-order valence-corrected chi connectivity index (χ3v) is 2.41. The minimum atomic E-state index is -1.28. The van der Waals surface area contributed by atoms with Crippen molar-refractivity contribution in [2.75, 3.05) is 26.4 Å². The van der Waals surface area contributed by atoms with Crippen LogP contribution in [-0.2, 0) is 23.8 Å². The molecule has 2 amide bonds. The van der Waals surface area contributed by atoms with Crippen LogP contribution in [0.3, 0.4) is 0 Å². The van der Waals surface area contributed by atoms with Crippen LogP contribution in [0, 0.1) is 0 Å². The van der Waals surface area contributed by atoms with Crippen LogP contribution in [0.1, 0.15) is 26.7 Å². The Morgan fingerprint density at radius 3 is 2.17 bits per heavy atom. The number of hydrogen-bond donors (Lipinski definition) is 3. The molecule has 0 aromatic carbocycles. The number of nitrogens with one attached hydrogen (secondary N) is 2. The van der Waals surface area contributed by atoms with Crippen molar-refractivity contribution in [1.29, 1.82) is 0 Å². The zero-order valence-corrected chi connectivity index (χ0v) is 13.1. The summed E-state index contributed by atoms with van der Waals surface area (Å²) in [6.45, 7) is 3.58. The first-order valence-electron chi connectivity index (χ1n) is 7.13. The summed E-state index contributed by atoms with van der Waals surface area (Å²) in [6, 6.07) is -1.25. The number of amides is 2. The Bertz CT molecular complexity index is 413. The fraction of sp³-hybridized carbons (Fsp3) is 0.692. The van der Waals surface area contributed by atoms with Crippen molar-refractivity contribution in [2.45, 2.75) is 32.7 Å². The molecule has 10 nitrogen and oxygen atoms in total. The Morgan fingerprint density at radius 1 is 1.00 bits per heavy atom. The first-order valence-corrected chi connectivity index (χ1v) is 7.13. The normalized spacial score (nSPS) is 11.0. The average Bonchev–Trinajstić information content (AvgIpc) is 2.48. The molecule has 0 fully saturated rings. The lowest BCUT2D eigenvalue weighted by molar-refractivity contribution is -0.144. The molecule has 1 unspecified atom stereocenters. The first-order chi connectivity index (χ1) is 10.9. The highest BCUT2D eigenvalue weighted by Gasteiger charge is 2.21. The maximum atomic E-state index is 11.4. The number of esters is 1. The molecule has 0 aliphatic rings. The fourth-order valence-corrected chi connectivity index (χ4v) is 1.41. The third-order valence-electron chi connectivity index (χ3n) is 2.41. The van der Waals surface area contributed by atoms with Crippen LogP contribution in [0.2, 0.25) is 0 Å². The number of alkyl carbamates (subject to hydrolysis) is 2. The van der Waals surface area contributed by atoms with Crippen LogP contribution in [0.25, 0.3) is 0 Å². The zero-order valence-electron chi connectivity index (χ0n) is 13.1. The number of carboxylic acid groups (broad SMARTS) is 1. The van der Waals surface area contributed by atoms with E-state index in [0.29, 0.717) is 0 Å². The van der Waals surface area contributed by atoms with Crippen molar-refractivity contribution in [3.63, 3.8) is 0 Å². The largest absolute Gasteiger partial charge is 0.480 e. The van der Waals surface area contributed by atoms with E-state index < -0.39 is 30.2 Å². The summed E-state index contributed by atoms with van der Waals surface area (Å²) in [7, 11) is 0. The summed E-state index contributed by atoms with van der Waals surface area (Å²) >= 11 is 0. The predicted molar refractivity (Wildman–Crippen MR) is 76.8 cm³/mol. The van der Waals surface area contributed by atoms with E-state index in [1.54, 1.807) is 13.8 Å². The fourth-order valence-electron chi connectivity index (χ4n) is 1.41. The number of carbonyl (C=O) groups is 4. The molecule has 0 aromatic rings. The predicted octanol–water partition coefficient (Wildman–Crippen LogP) is 0.255. The highest BCUT2D eigenvalue weighted by Crippen LogP contribution is 2.01. The number of carboxylic acids is 1. The molecule has 3 N–H and O–H groups in total. The molecule has 0 aromatic heterocycles. The summed E-state index contributed by atoms with van der Waals surface area (Å²) in [4.78, 5) is 44.5.